The third-order valence-corrected chi connectivity index (χ3v) is 5.02. The number of alkyl halides is 3. The smallest absolute Gasteiger partial charge is 0.370 e. The number of benzene rings is 2. The Morgan fingerprint density at radius 1 is 1.00 bits per heavy atom. The summed E-state index contributed by atoms with van der Waals surface area (Å²) in [5, 5.41) is 8.40. The number of para-hydroxylation sites is 1. The molecule has 1 aliphatic rings. The van der Waals surface area contributed by atoms with Gasteiger partial charge in [0.1, 0.15) is 5.82 Å². The topological polar surface area (TPSA) is 29.9 Å². The zero-order valence-electron chi connectivity index (χ0n) is 14.4. The maximum absolute atomic E-state index is 13.6. The van der Waals surface area contributed by atoms with Gasteiger partial charge in [-0.25, -0.2) is 4.68 Å². The standard InChI is InChI=1S/C20H17ClF3N3/c21-16-10-3-4-11-17(16)27-19-14(8-5-6-12-25-19)18(26-27)13-7-1-2-9-15(13)20(22,23)24/h1-4,7,9-11,25H,5-6,8,12H2. The molecule has 0 saturated heterocycles. The molecule has 0 saturated carbocycles. The highest BCUT2D eigenvalue weighted by atomic mass is 35.5. The molecule has 0 unspecified atom stereocenters. The molecular formula is C20H17ClF3N3. The van der Waals surface area contributed by atoms with Crippen molar-refractivity contribution in [2.75, 3.05) is 11.9 Å². The summed E-state index contributed by atoms with van der Waals surface area (Å²) in [4.78, 5) is 0. The molecule has 1 N–H and O–H groups in total. The summed E-state index contributed by atoms with van der Waals surface area (Å²) in [5.41, 5.74) is 1.20. The van der Waals surface area contributed by atoms with Crippen molar-refractivity contribution in [2.24, 2.45) is 0 Å². The van der Waals surface area contributed by atoms with Gasteiger partial charge in [-0.3, -0.25) is 0 Å². The van der Waals surface area contributed by atoms with Crippen LogP contribution in [0.1, 0.15) is 24.0 Å². The first-order valence-electron chi connectivity index (χ1n) is 8.74. The number of nitrogens with zero attached hydrogens (tertiary/aromatic N) is 2. The largest absolute Gasteiger partial charge is 0.417 e. The molecule has 1 aromatic heterocycles. The molecule has 3 aromatic rings. The zero-order valence-corrected chi connectivity index (χ0v) is 15.1. The van der Waals surface area contributed by atoms with Crippen molar-refractivity contribution in [1.82, 2.24) is 9.78 Å². The molecule has 2 aromatic carbocycles. The van der Waals surface area contributed by atoms with Crippen LogP contribution >= 0.6 is 11.6 Å². The highest BCUT2D eigenvalue weighted by Crippen LogP contribution is 2.41. The molecule has 140 valence electrons. The fourth-order valence-electron chi connectivity index (χ4n) is 3.45. The summed E-state index contributed by atoms with van der Waals surface area (Å²) in [6, 6.07) is 12.8. The van der Waals surface area contributed by atoms with Crippen LogP contribution in [-0.2, 0) is 12.6 Å². The third kappa shape index (κ3) is 3.30. The van der Waals surface area contributed by atoms with E-state index in [0.717, 1.165) is 31.0 Å². The van der Waals surface area contributed by atoms with E-state index in [-0.39, 0.29) is 5.56 Å². The first-order valence-corrected chi connectivity index (χ1v) is 9.12. The molecule has 4 rings (SSSR count). The number of rotatable bonds is 2. The molecule has 27 heavy (non-hydrogen) atoms. The van der Waals surface area contributed by atoms with Gasteiger partial charge in [0, 0.05) is 17.7 Å². The Kier molecular flexibility index (Phi) is 4.60. The van der Waals surface area contributed by atoms with Crippen molar-refractivity contribution < 1.29 is 13.2 Å². The lowest BCUT2D eigenvalue weighted by Crippen LogP contribution is -2.08. The van der Waals surface area contributed by atoms with E-state index in [9.17, 15) is 13.2 Å². The number of nitrogens with one attached hydrogen (secondary N) is 1. The van der Waals surface area contributed by atoms with Gasteiger partial charge in [-0.1, -0.05) is 41.9 Å². The normalized spacial score (nSPS) is 14.4. The van der Waals surface area contributed by atoms with E-state index >= 15 is 0 Å². The van der Waals surface area contributed by atoms with Crippen LogP contribution in [0.2, 0.25) is 5.02 Å². The van der Waals surface area contributed by atoms with E-state index in [1.54, 1.807) is 22.9 Å². The summed E-state index contributed by atoms with van der Waals surface area (Å²) in [6.07, 6.45) is -1.96. The second kappa shape index (κ2) is 6.93. The Balaban J connectivity index is 1.98. The maximum atomic E-state index is 13.6. The number of fused-ring (bicyclic) bond motifs is 1. The van der Waals surface area contributed by atoms with E-state index in [4.69, 9.17) is 11.6 Å². The van der Waals surface area contributed by atoms with Crippen LogP contribution in [0.3, 0.4) is 0 Å². The van der Waals surface area contributed by atoms with Crippen molar-refractivity contribution in [3.8, 4) is 16.9 Å². The third-order valence-electron chi connectivity index (χ3n) is 4.70. The number of anilines is 1. The predicted octanol–water partition coefficient (Wildman–Crippen LogP) is 5.96. The second-order valence-corrected chi connectivity index (χ2v) is 6.87. The highest BCUT2D eigenvalue weighted by molar-refractivity contribution is 6.32. The molecule has 0 atom stereocenters. The van der Waals surface area contributed by atoms with Gasteiger partial charge in [0.15, 0.2) is 0 Å². The first-order chi connectivity index (χ1) is 13.0. The Bertz CT molecular complexity index is 979. The van der Waals surface area contributed by atoms with Crippen LogP contribution in [0.25, 0.3) is 16.9 Å². The minimum atomic E-state index is -4.45. The minimum absolute atomic E-state index is 0.0933. The van der Waals surface area contributed by atoms with E-state index < -0.39 is 11.7 Å². The number of aromatic nitrogens is 2. The zero-order chi connectivity index (χ0) is 19.0. The lowest BCUT2D eigenvalue weighted by molar-refractivity contribution is -0.137. The molecule has 1 aliphatic heterocycles. The monoisotopic (exact) mass is 391 g/mol. The molecule has 0 fully saturated rings. The second-order valence-electron chi connectivity index (χ2n) is 6.47. The van der Waals surface area contributed by atoms with Crippen LogP contribution in [0.15, 0.2) is 48.5 Å². The summed E-state index contributed by atoms with van der Waals surface area (Å²) in [7, 11) is 0. The molecule has 7 heteroatoms. The molecule has 2 heterocycles. The van der Waals surface area contributed by atoms with Gasteiger partial charge in [-0.05, 0) is 37.5 Å². The number of halogens is 4. The fourth-order valence-corrected chi connectivity index (χ4v) is 3.67. The molecular weight excluding hydrogens is 375 g/mol. The van der Waals surface area contributed by atoms with Crippen molar-refractivity contribution in [3.05, 3.63) is 64.7 Å². The van der Waals surface area contributed by atoms with Gasteiger partial charge < -0.3 is 5.32 Å². The van der Waals surface area contributed by atoms with Gasteiger partial charge in [-0.2, -0.15) is 18.3 Å². The van der Waals surface area contributed by atoms with Gasteiger partial charge >= 0.3 is 6.18 Å². The van der Waals surface area contributed by atoms with Crippen LogP contribution in [0, 0.1) is 0 Å². The average Bonchev–Trinajstić information content (AvgIpc) is 2.83. The van der Waals surface area contributed by atoms with Crippen LogP contribution in [-0.4, -0.2) is 16.3 Å². The van der Waals surface area contributed by atoms with Crippen molar-refractivity contribution in [2.45, 2.75) is 25.4 Å². The van der Waals surface area contributed by atoms with Gasteiger partial charge in [-0.15, -0.1) is 0 Å². The average molecular weight is 392 g/mol. The minimum Gasteiger partial charge on any atom is -0.370 e. The lowest BCUT2D eigenvalue weighted by atomic mass is 9.99. The van der Waals surface area contributed by atoms with E-state index in [1.165, 1.54) is 12.1 Å². The van der Waals surface area contributed by atoms with Crippen molar-refractivity contribution >= 4 is 17.4 Å². The quantitative estimate of drug-likeness (QED) is 0.584. The van der Waals surface area contributed by atoms with Gasteiger partial charge in [0.25, 0.3) is 0 Å². The molecule has 0 aliphatic carbocycles. The predicted molar refractivity (Wildman–Crippen MR) is 100 cm³/mol. The summed E-state index contributed by atoms with van der Waals surface area (Å²) >= 11 is 6.33. The fraction of sp³-hybridized carbons (Fsp3) is 0.250. The van der Waals surface area contributed by atoms with Gasteiger partial charge in [0.05, 0.1) is 22.0 Å². The van der Waals surface area contributed by atoms with E-state index in [0.29, 0.717) is 28.6 Å². The summed E-state index contributed by atoms with van der Waals surface area (Å²) in [5.74, 6) is 0.715. The maximum Gasteiger partial charge on any atom is 0.417 e. The number of hydrogen-bond donors (Lipinski definition) is 1. The molecule has 3 nitrogen and oxygen atoms in total. The number of hydrogen-bond acceptors (Lipinski definition) is 2. The molecule has 0 bridgehead atoms. The van der Waals surface area contributed by atoms with Gasteiger partial charge in [0.2, 0.25) is 0 Å². The SMILES string of the molecule is FC(F)(F)c1ccccc1-c1nn(-c2ccccc2Cl)c2c1CCCCN2. The summed E-state index contributed by atoms with van der Waals surface area (Å²) < 4.78 is 42.3. The first kappa shape index (κ1) is 17.9. The Hall–Kier alpha value is -2.47. The van der Waals surface area contributed by atoms with Crippen LogP contribution in [0.4, 0.5) is 19.0 Å². The lowest BCUT2D eigenvalue weighted by Gasteiger charge is -2.12. The van der Waals surface area contributed by atoms with Crippen molar-refractivity contribution in [3.63, 3.8) is 0 Å². The van der Waals surface area contributed by atoms with E-state index in [2.05, 4.69) is 10.4 Å². The van der Waals surface area contributed by atoms with Crippen molar-refractivity contribution in [1.29, 1.82) is 0 Å². The van der Waals surface area contributed by atoms with Crippen LogP contribution in [0.5, 0.6) is 0 Å². The Morgan fingerprint density at radius 3 is 2.52 bits per heavy atom. The molecule has 0 radical (unpaired) electrons. The Labute approximate surface area is 159 Å². The summed E-state index contributed by atoms with van der Waals surface area (Å²) in [6.45, 7) is 0.740. The highest BCUT2D eigenvalue weighted by Gasteiger charge is 2.35. The van der Waals surface area contributed by atoms with Crippen LogP contribution < -0.4 is 5.32 Å². The molecule has 0 spiro atoms. The Morgan fingerprint density at radius 2 is 1.74 bits per heavy atom. The van der Waals surface area contributed by atoms with E-state index in [1.807, 2.05) is 12.1 Å². The molecule has 0 amide bonds.